The Labute approximate surface area is 113 Å². The zero-order valence-electron chi connectivity index (χ0n) is 11.6. The minimum atomic E-state index is 0.115. The first kappa shape index (κ1) is 13.5. The van der Waals surface area contributed by atoms with Crippen molar-refractivity contribution in [1.29, 1.82) is 0 Å². The molecule has 0 aliphatic heterocycles. The summed E-state index contributed by atoms with van der Waals surface area (Å²) in [7, 11) is 0. The maximum absolute atomic E-state index is 5.85. The van der Waals surface area contributed by atoms with Gasteiger partial charge in [-0.1, -0.05) is 13.8 Å². The Kier molecular flexibility index (Phi) is 3.71. The van der Waals surface area contributed by atoms with E-state index in [1.54, 1.807) is 0 Å². The Bertz CT molecular complexity index is 414. The molecule has 1 saturated carbocycles. The van der Waals surface area contributed by atoms with Crippen LogP contribution in [0.15, 0.2) is 0 Å². The highest BCUT2D eigenvalue weighted by Crippen LogP contribution is 2.42. The Morgan fingerprint density at radius 1 is 1.50 bits per heavy atom. The highest BCUT2D eigenvalue weighted by Gasteiger charge is 2.31. The van der Waals surface area contributed by atoms with Crippen LogP contribution in [0.5, 0.6) is 5.75 Å². The standard InChI is InChI=1S/C13H23N3OS/c1-8(2)17-10-11(14)16-18-12(10)15-9-5-6-13(3,4)7-9/h8-9,15H,5-7H2,1-4H3,(H2,14,16). The van der Waals surface area contributed by atoms with Gasteiger partial charge in [-0.15, -0.1) is 0 Å². The molecule has 102 valence electrons. The van der Waals surface area contributed by atoms with Gasteiger partial charge in [-0.05, 0) is 50.1 Å². The second-order valence-electron chi connectivity index (χ2n) is 6.14. The molecule has 2 rings (SSSR count). The average Bonchev–Trinajstić information content (AvgIpc) is 2.74. The predicted molar refractivity (Wildman–Crippen MR) is 77.3 cm³/mol. The largest absolute Gasteiger partial charge is 0.484 e. The summed E-state index contributed by atoms with van der Waals surface area (Å²) in [5, 5.41) is 4.52. The summed E-state index contributed by atoms with van der Waals surface area (Å²) in [5.74, 6) is 1.22. The second kappa shape index (κ2) is 4.96. The van der Waals surface area contributed by atoms with Gasteiger partial charge in [0.15, 0.2) is 16.6 Å². The lowest BCUT2D eigenvalue weighted by molar-refractivity contribution is 0.245. The highest BCUT2D eigenvalue weighted by molar-refractivity contribution is 7.11. The number of nitrogens with two attached hydrogens (primary N) is 1. The Morgan fingerprint density at radius 3 is 2.78 bits per heavy atom. The molecule has 0 aromatic carbocycles. The molecule has 18 heavy (non-hydrogen) atoms. The summed E-state index contributed by atoms with van der Waals surface area (Å²) in [6, 6.07) is 0.509. The van der Waals surface area contributed by atoms with E-state index < -0.39 is 0 Å². The van der Waals surface area contributed by atoms with Crippen LogP contribution in [0.3, 0.4) is 0 Å². The monoisotopic (exact) mass is 269 g/mol. The maximum Gasteiger partial charge on any atom is 0.197 e. The van der Waals surface area contributed by atoms with Crippen LogP contribution < -0.4 is 15.8 Å². The normalized spacial score (nSPS) is 22.4. The molecule has 1 heterocycles. The van der Waals surface area contributed by atoms with Gasteiger partial charge in [-0.25, -0.2) is 0 Å². The van der Waals surface area contributed by atoms with Crippen molar-refractivity contribution in [3.8, 4) is 5.75 Å². The van der Waals surface area contributed by atoms with E-state index in [0.29, 0.717) is 17.3 Å². The van der Waals surface area contributed by atoms with Crippen molar-refractivity contribution in [2.24, 2.45) is 5.41 Å². The zero-order valence-corrected chi connectivity index (χ0v) is 12.4. The fourth-order valence-electron chi connectivity index (χ4n) is 2.48. The quantitative estimate of drug-likeness (QED) is 0.878. The van der Waals surface area contributed by atoms with Crippen LogP contribution in [0.25, 0.3) is 0 Å². The average molecular weight is 269 g/mol. The van der Waals surface area contributed by atoms with Gasteiger partial charge in [0.1, 0.15) is 0 Å². The van der Waals surface area contributed by atoms with Crippen molar-refractivity contribution in [2.45, 2.75) is 59.1 Å². The molecule has 1 aromatic rings. The van der Waals surface area contributed by atoms with Crippen molar-refractivity contribution in [3.63, 3.8) is 0 Å². The summed E-state index contributed by atoms with van der Waals surface area (Å²) in [4.78, 5) is 0. The number of nitrogens with one attached hydrogen (secondary N) is 1. The zero-order chi connectivity index (χ0) is 13.3. The minimum Gasteiger partial charge on any atom is -0.484 e. The lowest BCUT2D eigenvalue weighted by atomic mass is 9.92. The van der Waals surface area contributed by atoms with Crippen LogP contribution in [-0.4, -0.2) is 16.5 Å². The third-order valence-electron chi connectivity index (χ3n) is 3.33. The molecule has 3 N–H and O–H groups in total. The van der Waals surface area contributed by atoms with Gasteiger partial charge in [-0.3, -0.25) is 0 Å². The molecule has 4 nitrogen and oxygen atoms in total. The minimum absolute atomic E-state index is 0.115. The van der Waals surface area contributed by atoms with E-state index in [0.717, 1.165) is 10.8 Å². The SMILES string of the molecule is CC(C)Oc1c(N)nsc1NC1CCC(C)(C)C1. The van der Waals surface area contributed by atoms with E-state index in [2.05, 4.69) is 23.5 Å². The van der Waals surface area contributed by atoms with E-state index in [1.165, 1.54) is 30.8 Å². The van der Waals surface area contributed by atoms with E-state index in [-0.39, 0.29) is 6.10 Å². The number of nitrogen functional groups attached to an aromatic ring is 1. The van der Waals surface area contributed by atoms with Crippen molar-refractivity contribution < 1.29 is 4.74 Å². The summed E-state index contributed by atoms with van der Waals surface area (Å²) >= 11 is 1.39. The molecule has 1 atom stereocenters. The van der Waals surface area contributed by atoms with Gasteiger partial charge in [0.05, 0.1) is 6.10 Å². The predicted octanol–water partition coefficient (Wildman–Crippen LogP) is 3.50. The first-order valence-corrected chi connectivity index (χ1v) is 7.33. The van der Waals surface area contributed by atoms with E-state index in [4.69, 9.17) is 10.5 Å². The molecule has 5 heteroatoms. The first-order chi connectivity index (χ1) is 8.37. The van der Waals surface area contributed by atoms with Gasteiger partial charge in [-0.2, -0.15) is 4.37 Å². The van der Waals surface area contributed by atoms with Crippen molar-refractivity contribution in [2.75, 3.05) is 11.1 Å². The first-order valence-electron chi connectivity index (χ1n) is 6.56. The van der Waals surface area contributed by atoms with Crippen molar-refractivity contribution in [3.05, 3.63) is 0 Å². The van der Waals surface area contributed by atoms with Gasteiger partial charge >= 0.3 is 0 Å². The van der Waals surface area contributed by atoms with Crippen LogP contribution >= 0.6 is 11.5 Å². The van der Waals surface area contributed by atoms with Crippen LogP contribution in [0.1, 0.15) is 47.0 Å². The number of aromatic nitrogens is 1. The molecule has 1 aliphatic carbocycles. The summed E-state index contributed by atoms with van der Waals surface area (Å²) in [5.41, 5.74) is 6.29. The second-order valence-corrected chi connectivity index (χ2v) is 6.91. The molecule has 1 aromatic heterocycles. The molecule has 1 fully saturated rings. The van der Waals surface area contributed by atoms with Crippen molar-refractivity contribution in [1.82, 2.24) is 4.37 Å². The lowest BCUT2D eigenvalue weighted by Crippen LogP contribution is -2.18. The number of hydrogen-bond acceptors (Lipinski definition) is 5. The van der Waals surface area contributed by atoms with Gasteiger partial charge in [0, 0.05) is 6.04 Å². The number of hydrogen-bond donors (Lipinski definition) is 2. The molecule has 1 aliphatic rings. The summed E-state index contributed by atoms with van der Waals surface area (Å²) in [6.45, 7) is 8.64. The van der Waals surface area contributed by atoms with E-state index >= 15 is 0 Å². The lowest BCUT2D eigenvalue weighted by Gasteiger charge is -2.18. The van der Waals surface area contributed by atoms with Crippen LogP contribution in [-0.2, 0) is 0 Å². The molecule has 1 unspecified atom stereocenters. The summed E-state index contributed by atoms with van der Waals surface area (Å²) in [6.07, 6.45) is 3.77. The maximum atomic E-state index is 5.85. The third kappa shape index (κ3) is 3.07. The van der Waals surface area contributed by atoms with E-state index in [1.807, 2.05) is 13.8 Å². The van der Waals surface area contributed by atoms with Crippen LogP contribution in [0.2, 0.25) is 0 Å². The number of ether oxygens (including phenoxy) is 1. The molecule has 0 spiro atoms. The Balaban J connectivity index is 2.06. The fourth-order valence-corrected chi connectivity index (χ4v) is 3.21. The van der Waals surface area contributed by atoms with Gasteiger partial charge < -0.3 is 15.8 Å². The van der Waals surface area contributed by atoms with Gasteiger partial charge in [0.2, 0.25) is 0 Å². The van der Waals surface area contributed by atoms with Gasteiger partial charge in [0.25, 0.3) is 0 Å². The summed E-state index contributed by atoms with van der Waals surface area (Å²) < 4.78 is 9.92. The third-order valence-corrected chi connectivity index (χ3v) is 4.11. The number of nitrogens with zero attached hydrogens (tertiary/aromatic N) is 1. The molecular formula is C13H23N3OS. The Hall–Kier alpha value is -0.970. The molecule has 0 radical (unpaired) electrons. The smallest absolute Gasteiger partial charge is 0.197 e. The van der Waals surface area contributed by atoms with Crippen LogP contribution in [0, 0.1) is 5.41 Å². The topological polar surface area (TPSA) is 60.2 Å². The number of rotatable bonds is 4. The highest BCUT2D eigenvalue weighted by atomic mass is 32.1. The molecular weight excluding hydrogens is 246 g/mol. The van der Waals surface area contributed by atoms with Crippen molar-refractivity contribution >= 4 is 22.4 Å². The molecule has 0 amide bonds. The van der Waals surface area contributed by atoms with E-state index in [9.17, 15) is 0 Å². The Morgan fingerprint density at radius 2 is 2.22 bits per heavy atom. The molecule has 0 bridgehead atoms. The number of anilines is 2. The van der Waals surface area contributed by atoms with Crippen LogP contribution in [0.4, 0.5) is 10.8 Å². The fraction of sp³-hybridized carbons (Fsp3) is 0.769. The molecule has 0 saturated heterocycles.